The molecule has 0 bridgehead atoms. The number of hydrogen-bond donors (Lipinski definition) is 0. The van der Waals surface area contributed by atoms with Crippen molar-refractivity contribution in [3.05, 3.63) is 23.5 Å². The molecule has 0 radical (unpaired) electrons. The number of aromatic nitrogens is 1. The third-order valence-corrected chi connectivity index (χ3v) is 3.05. The van der Waals surface area contributed by atoms with Gasteiger partial charge in [0.25, 0.3) is 9.05 Å². The first-order chi connectivity index (χ1) is 6.62. The Kier molecular flexibility index (Phi) is 2.97. The summed E-state index contributed by atoms with van der Waals surface area (Å²) in [6.45, 7) is 1.14. The summed E-state index contributed by atoms with van der Waals surface area (Å²) in [5.74, 6) is 0. The fraction of sp³-hybridized carbons (Fsp3) is 0.286. The molecule has 0 aliphatic heterocycles. The van der Waals surface area contributed by atoms with Gasteiger partial charge in [0.1, 0.15) is 10.6 Å². The molecule has 1 aromatic rings. The molecule has 0 aromatic carbocycles. The van der Waals surface area contributed by atoms with Crippen molar-refractivity contribution in [1.82, 2.24) is 4.98 Å². The lowest BCUT2D eigenvalue weighted by Gasteiger charge is -2.07. The van der Waals surface area contributed by atoms with Crippen molar-refractivity contribution in [2.45, 2.75) is 18.0 Å². The Balaban J connectivity index is 3.34. The first-order valence-electron chi connectivity index (χ1n) is 3.62. The quantitative estimate of drug-likeness (QED) is 0.727. The van der Waals surface area contributed by atoms with E-state index in [1.54, 1.807) is 0 Å². The van der Waals surface area contributed by atoms with E-state index >= 15 is 0 Å². The van der Waals surface area contributed by atoms with Crippen LogP contribution in [0.4, 0.5) is 13.2 Å². The summed E-state index contributed by atoms with van der Waals surface area (Å²) in [6, 6.07) is 1.36. The zero-order valence-corrected chi connectivity index (χ0v) is 8.91. The number of alkyl halides is 3. The van der Waals surface area contributed by atoms with Gasteiger partial charge in [0, 0.05) is 10.7 Å². The molecule has 1 rings (SSSR count). The van der Waals surface area contributed by atoms with Gasteiger partial charge >= 0.3 is 6.18 Å². The molecule has 0 saturated carbocycles. The van der Waals surface area contributed by atoms with Crippen molar-refractivity contribution >= 4 is 19.7 Å². The van der Waals surface area contributed by atoms with E-state index in [2.05, 4.69) is 4.98 Å². The zero-order chi connectivity index (χ0) is 11.9. The number of nitrogens with zero attached hydrogens (tertiary/aromatic N) is 1. The minimum absolute atomic E-state index is 0.278. The lowest BCUT2D eigenvalue weighted by molar-refractivity contribution is -0.141. The Hall–Kier alpha value is -0.820. The second-order valence-corrected chi connectivity index (χ2v) is 5.25. The molecule has 0 fully saturated rings. The molecule has 1 aromatic heterocycles. The van der Waals surface area contributed by atoms with Gasteiger partial charge in [0.2, 0.25) is 0 Å². The van der Waals surface area contributed by atoms with Crippen molar-refractivity contribution in [1.29, 1.82) is 0 Å². The molecule has 0 amide bonds. The number of pyridine rings is 1. The van der Waals surface area contributed by atoms with Crippen molar-refractivity contribution < 1.29 is 21.6 Å². The van der Waals surface area contributed by atoms with E-state index in [4.69, 9.17) is 10.7 Å². The summed E-state index contributed by atoms with van der Waals surface area (Å²) in [4.78, 5) is 2.70. The Morgan fingerprint density at radius 1 is 1.33 bits per heavy atom. The van der Waals surface area contributed by atoms with Crippen LogP contribution in [-0.4, -0.2) is 13.4 Å². The summed E-state index contributed by atoms with van der Waals surface area (Å²) in [5, 5.41) is 0. The molecule has 0 aliphatic carbocycles. The Bertz CT molecular complexity index is 483. The molecule has 0 aliphatic rings. The van der Waals surface area contributed by atoms with Crippen LogP contribution in [0.15, 0.2) is 17.0 Å². The van der Waals surface area contributed by atoms with Crippen molar-refractivity contribution in [2.75, 3.05) is 0 Å². The van der Waals surface area contributed by atoms with Gasteiger partial charge in [0.15, 0.2) is 0 Å². The van der Waals surface area contributed by atoms with Crippen LogP contribution in [0, 0.1) is 6.92 Å². The highest BCUT2D eigenvalue weighted by Crippen LogP contribution is 2.29. The summed E-state index contributed by atoms with van der Waals surface area (Å²) in [5.41, 5.74) is -1.43. The van der Waals surface area contributed by atoms with Crippen LogP contribution in [0.3, 0.4) is 0 Å². The van der Waals surface area contributed by atoms with Crippen LogP contribution >= 0.6 is 10.7 Å². The third-order valence-electron chi connectivity index (χ3n) is 1.59. The largest absolute Gasteiger partial charge is 0.433 e. The molecule has 0 atom stereocenters. The van der Waals surface area contributed by atoms with Gasteiger partial charge < -0.3 is 0 Å². The topological polar surface area (TPSA) is 47.0 Å². The maximum Gasteiger partial charge on any atom is 0.433 e. The van der Waals surface area contributed by atoms with Gasteiger partial charge in [-0.15, -0.1) is 0 Å². The highest BCUT2D eigenvalue weighted by molar-refractivity contribution is 8.13. The highest BCUT2D eigenvalue weighted by atomic mass is 35.7. The van der Waals surface area contributed by atoms with Crippen LogP contribution in [0.5, 0.6) is 0 Å². The number of halogens is 4. The molecule has 8 heteroatoms. The maximum atomic E-state index is 12.2. The number of hydrogen-bond acceptors (Lipinski definition) is 3. The molecule has 0 unspecified atom stereocenters. The van der Waals surface area contributed by atoms with Crippen LogP contribution in [0.25, 0.3) is 0 Å². The SMILES string of the molecule is Cc1nc(C(F)(F)F)ccc1S(=O)(=O)Cl. The minimum atomic E-state index is -4.60. The normalized spacial score (nSPS) is 12.9. The fourth-order valence-electron chi connectivity index (χ4n) is 0.964. The average Bonchev–Trinajstić information content (AvgIpc) is 1.99. The lowest BCUT2D eigenvalue weighted by atomic mass is 10.3. The van der Waals surface area contributed by atoms with E-state index in [-0.39, 0.29) is 5.69 Å². The molecule has 1 heterocycles. The molecule has 84 valence electrons. The minimum Gasteiger partial charge on any atom is -0.247 e. The Morgan fingerprint density at radius 2 is 1.87 bits per heavy atom. The van der Waals surface area contributed by atoms with Crippen LogP contribution in [0.2, 0.25) is 0 Å². The maximum absolute atomic E-state index is 12.2. The van der Waals surface area contributed by atoms with Gasteiger partial charge in [-0.3, -0.25) is 0 Å². The molecule has 15 heavy (non-hydrogen) atoms. The smallest absolute Gasteiger partial charge is 0.247 e. The predicted octanol–water partition coefficient (Wildman–Crippen LogP) is 2.34. The number of rotatable bonds is 1. The first kappa shape index (κ1) is 12.3. The van der Waals surface area contributed by atoms with E-state index in [1.807, 2.05) is 0 Å². The van der Waals surface area contributed by atoms with E-state index in [0.717, 1.165) is 13.0 Å². The average molecular weight is 260 g/mol. The fourth-order valence-corrected chi connectivity index (χ4v) is 2.08. The van der Waals surface area contributed by atoms with E-state index in [1.165, 1.54) is 0 Å². The van der Waals surface area contributed by atoms with Gasteiger partial charge in [-0.2, -0.15) is 13.2 Å². The van der Waals surface area contributed by atoms with Crippen molar-refractivity contribution in [2.24, 2.45) is 0 Å². The summed E-state index contributed by atoms with van der Waals surface area (Å²) in [6.07, 6.45) is -4.60. The molecule has 0 saturated heterocycles. The zero-order valence-electron chi connectivity index (χ0n) is 7.34. The Labute approximate surface area is 88.3 Å². The number of aryl methyl sites for hydroxylation is 1. The van der Waals surface area contributed by atoms with E-state index < -0.39 is 25.8 Å². The van der Waals surface area contributed by atoms with Crippen LogP contribution < -0.4 is 0 Å². The lowest BCUT2D eigenvalue weighted by Crippen LogP contribution is -2.10. The van der Waals surface area contributed by atoms with Crippen LogP contribution in [0.1, 0.15) is 11.4 Å². The van der Waals surface area contributed by atoms with Gasteiger partial charge in [-0.05, 0) is 19.1 Å². The highest BCUT2D eigenvalue weighted by Gasteiger charge is 2.33. The molecule has 3 nitrogen and oxygen atoms in total. The van der Waals surface area contributed by atoms with E-state index in [9.17, 15) is 21.6 Å². The van der Waals surface area contributed by atoms with Gasteiger partial charge in [-0.1, -0.05) is 0 Å². The molecule has 0 N–H and O–H groups in total. The standard InChI is InChI=1S/C7H5ClF3NO2S/c1-4-5(15(8,13)14)2-3-6(12-4)7(9,10)11/h2-3H,1H3. The summed E-state index contributed by atoms with van der Waals surface area (Å²) >= 11 is 0. The van der Waals surface area contributed by atoms with Crippen LogP contribution in [-0.2, 0) is 15.2 Å². The second-order valence-electron chi connectivity index (χ2n) is 2.72. The van der Waals surface area contributed by atoms with E-state index in [0.29, 0.717) is 6.07 Å². The molecular weight excluding hydrogens is 255 g/mol. The van der Waals surface area contributed by atoms with Crippen molar-refractivity contribution in [3.63, 3.8) is 0 Å². The van der Waals surface area contributed by atoms with Crippen molar-refractivity contribution in [3.8, 4) is 0 Å². The molecular formula is C7H5ClF3NO2S. The third kappa shape index (κ3) is 2.82. The Morgan fingerprint density at radius 3 is 2.20 bits per heavy atom. The van der Waals surface area contributed by atoms with Gasteiger partial charge in [-0.25, -0.2) is 13.4 Å². The summed E-state index contributed by atoms with van der Waals surface area (Å²) < 4.78 is 58.2. The predicted molar refractivity (Wildman–Crippen MR) is 47.0 cm³/mol. The second kappa shape index (κ2) is 3.64. The monoisotopic (exact) mass is 259 g/mol. The molecule has 0 spiro atoms. The summed E-state index contributed by atoms with van der Waals surface area (Å²) in [7, 11) is 0.928. The first-order valence-corrected chi connectivity index (χ1v) is 5.93. The van der Waals surface area contributed by atoms with Gasteiger partial charge in [0.05, 0.1) is 5.69 Å².